The number of hydrogen-bond acceptors (Lipinski definition) is 6. The van der Waals surface area contributed by atoms with Crippen LogP contribution in [0.15, 0.2) is 66.9 Å². The number of amides is 1. The number of thiazole rings is 1. The Morgan fingerprint density at radius 2 is 1.79 bits per heavy atom. The summed E-state index contributed by atoms with van der Waals surface area (Å²) in [5.74, 6) is 0.0244. The van der Waals surface area contributed by atoms with Gasteiger partial charge >= 0.3 is 0 Å². The molecule has 3 heterocycles. The number of rotatable bonds is 6. The number of benzene rings is 2. The summed E-state index contributed by atoms with van der Waals surface area (Å²) in [6, 6.07) is 20.3. The predicted octanol–water partition coefficient (Wildman–Crippen LogP) is 4.42. The first-order valence-corrected chi connectivity index (χ1v) is 12.1. The Balaban J connectivity index is 1.12. The van der Waals surface area contributed by atoms with Crippen LogP contribution in [0.2, 0.25) is 0 Å². The first-order chi connectivity index (χ1) is 16.1. The Morgan fingerprint density at radius 1 is 1.00 bits per heavy atom. The zero-order valence-electron chi connectivity index (χ0n) is 18.7. The molecule has 0 radical (unpaired) electrons. The molecule has 0 atom stereocenters. The molecule has 1 aliphatic rings. The lowest BCUT2D eigenvalue weighted by Crippen LogP contribution is -2.48. The van der Waals surface area contributed by atoms with Gasteiger partial charge in [-0.05, 0) is 61.0 Å². The lowest BCUT2D eigenvalue weighted by molar-refractivity contribution is -0.117. The van der Waals surface area contributed by atoms with Gasteiger partial charge in [0.2, 0.25) is 5.91 Å². The van der Waals surface area contributed by atoms with Gasteiger partial charge in [0, 0.05) is 50.2 Å². The number of piperazine rings is 1. The zero-order valence-corrected chi connectivity index (χ0v) is 19.5. The van der Waals surface area contributed by atoms with Crippen LogP contribution in [0.25, 0.3) is 20.8 Å². The van der Waals surface area contributed by atoms with E-state index in [1.807, 2.05) is 42.6 Å². The predicted molar refractivity (Wildman–Crippen MR) is 134 cm³/mol. The van der Waals surface area contributed by atoms with Crippen molar-refractivity contribution in [3.8, 4) is 10.6 Å². The number of aryl methyl sites for hydroxylation is 1. The molecular weight excluding hydrogens is 430 g/mol. The van der Waals surface area contributed by atoms with Crippen LogP contribution in [0.1, 0.15) is 11.3 Å². The minimum absolute atomic E-state index is 0.0244. The highest BCUT2D eigenvalue weighted by atomic mass is 32.1. The molecule has 0 unspecified atom stereocenters. The second-order valence-corrected chi connectivity index (χ2v) is 9.52. The summed E-state index contributed by atoms with van der Waals surface area (Å²) in [6.45, 7) is 7.03. The first kappa shape index (κ1) is 21.7. The van der Waals surface area contributed by atoms with E-state index in [1.165, 1.54) is 10.3 Å². The van der Waals surface area contributed by atoms with Crippen molar-refractivity contribution in [2.24, 2.45) is 0 Å². The van der Waals surface area contributed by atoms with E-state index in [0.717, 1.165) is 60.2 Å². The molecule has 6 nitrogen and oxygen atoms in total. The maximum absolute atomic E-state index is 12.6. The molecule has 2 aromatic carbocycles. The fourth-order valence-corrected chi connectivity index (χ4v) is 5.15. The van der Waals surface area contributed by atoms with Gasteiger partial charge in [-0.25, -0.2) is 4.98 Å². The maximum atomic E-state index is 12.6. The van der Waals surface area contributed by atoms with Gasteiger partial charge in [0.1, 0.15) is 5.01 Å². The number of aromatic nitrogens is 2. The highest BCUT2D eigenvalue weighted by Gasteiger charge is 2.19. The number of carbonyl (C=O) groups is 1. The van der Waals surface area contributed by atoms with E-state index in [0.29, 0.717) is 6.54 Å². The molecule has 5 rings (SSSR count). The highest BCUT2D eigenvalue weighted by Crippen LogP contribution is 2.31. The Labute approximate surface area is 197 Å². The summed E-state index contributed by atoms with van der Waals surface area (Å²) in [7, 11) is 0. The van der Waals surface area contributed by atoms with Crippen molar-refractivity contribution in [2.75, 3.05) is 38.0 Å². The van der Waals surface area contributed by atoms with Gasteiger partial charge in [-0.2, -0.15) is 0 Å². The first-order valence-electron chi connectivity index (χ1n) is 11.2. The van der Waals surface area contributed by atoms with Crippen molar-refractivity contribution in [2.45, 2.75) is 13.5 Å². The molecule has 1 N–H and O–H groups in total. The van der Waals surface area contributed by atoms with Crippen LogP contribution in [0, 0.1) is 6.92 Å². The second kappa shape index (κ2) is 9.79. The average molecular weight is 458 g/mol. The Morgan fingerprint density at radius 3 is 2.55 bits per heavy atom. The van der Waals surface area contributed by atoms with Crippen molar-refractivity contribution in [1.82, 2.24) is 19.8 Å². The third-order valence-electron chi connectivity index (χ3n) is 5.90. The maximum Gasteiger partial charge on any atom is 0.238 e. The number of nitrogens with zero attached hydrogens (tertiary/aromatic N) is 4. The zero-order chi connectivity index (χ0) is 22.6. The second-order valence-electron chi connectivity index (χ2n) is 8.49. The molecule has 1 aliphatic heterocycles. The molecule has 2 aromatic heterocycles. The van der Waals surface area contributed by atoms with Crippen molar-refractivity contribution in [3.05, 3.63) is 78.1 Å². The van der Waals surface area contributed by atoms with Crippen LogP contribution in [-0.4, -0.2) is 58.4 Å². The number of anilines is 1. The van der Waals surface area contributed by atoms with E-state index in [2.05, 4.69) is 51.3 Å². The van der Waals surface area contributed by atoms with E-state index in [1.54, 1.807) is 11.3 Å². The van der Waals surface area contributed by atoms with E-state index in [9.17, 15) is 4.79 Å². The largest absolute Gasteiger partial charge is 0.325 e. The molecule has 0 bridgehead atoms. The molecule has 7 heteroatoms. The summed E-state index contributed by atoms with van der Waals surface area (Å²) < 4.78 is 1.20. The normalized spacial score (nSPS) is 15.1. The topological polar surface area (TPSA) is 61.4 Å². The quantitative estimate of drug-likeness (QED) is 0.464. The highest BCUT2D eigenvalue weighted by molar-refractivity contribution is 7.21. The summed E-state index contributed by atoms with van der Waals surface area (Å²) in [5.41, 5.74) is 5.24. The van der Waals surface area contributed by atoms with E-state index < -0.39 is 0 Å². The van der Waals surface area contributed by atoms with Crippen molar-refractivity contribution < 1.29 is 4.79 Å². The summed E-state index contributed by atoms with van der Waals surface area (Å²) in [4.78, 5) is 26.3. The number of carbonyl (C=O) groups excluding carboxylic acids is 1. The summed E-state index contributed by atoms with van der Waals surface area (Å²) in [6.07, 6.45) is 1.84. The van der Waals surface area contributed by atoms with Crippen LogP contribution in [-0.2, 0) is 11.3 Å². The van der Waals surface area contributed by atoms with E-state index in [-0.39, 0.29) is 5.91 Å². The molecule has 1 amide bonds. The minimum Gasteiger partial charge on any atom is -0.325 e. The van der Waals surface area contributed by atoms with Gasteiger partial charge in [-0.3, -0.25) is 19.6 Å². The Hall–Kier alpha value is -3.13. The van der Waals surface area contributed by atoms with Crippen LogP contribution in [0.3, 0.4) is 0 Å². The Kier molecular flexibility index (Phi) is 6.44. The van der Waals surface area contributed by atoms with Gasteiger partial charge in [0.25, 0.3) is 0 Å². The molecule has 33 heavy (non-hydrogen) atoms. The lowest BCUT2D eigenvalue weighted by Gasteiger charge is -2.34. The third-order valence-corrected chi connectivity index (χ3v) is 6.97. The number of fused-ring (bicyclic) bond motifs is 1. The van der Waals surface area contributed by atoms with Crippen molar-refractivity contribution >= 4 is 33.1 Å². The smallest absolute Gasteiger partial charge is 0.238 e. The molecule has 1 fully saturated rings. The van der Waals surface area contributed by atoms with Crippen molar-refractivity contribution in [3.63, 3.8) is 0 Å². The van der Waals surface area contributed by atoms with E-state index in [4.69, 9.17) is 4.98 Å². The number of hydrogen-bond donors (Lipinski definition) is 1. The van der Waals surface area contributed by atoms with Gasteiger partial charge in [-0.15, -0.1) is 11.3 Å². The third kappa shape index (κ3) is 5.45. The monoisotopic (exact) mass is 457 g/mol. The lowest BCUT2D eigenvalue weighted by atomic mass is 10.2. The van der Waals surface area contributed by atoms with Gasteiger partial charge in [-0.1, -0.05) is 12.1 Å². The molecule has 1 saturated heterocycles. The van der Waals surface area contributed by atoms with Crippen LogP contribution < -0.4 is 5.32 Å². The summed E-state index contributed by atoms with van der Waals surface area (Å²) in [5, 5.41) is 4.03. The van der Waals surface area contributed by atoms with Crippen molar-refractivity contribution in [1.29, 1.82) is 0 Å². The van der Waals surface area contributed by atoms with Crippen LogP contribution >= 0.6 is 11.3 Å². The Bertz CT molecular complexity index is 1230. The van der Waals surface area contributed by atoms with E-state index >= 15 is 0 Å². The number of pyridine rings is 1. The fourth-order valence-electron chi connectivity index (χ4n) is 4.08. The number of nitrogens with one attached hydrogen (secondary N) is 1. The van der Waals surface area contributed by atoms with Gasteiger partial charge in [0.15, 0.2) is 0 Å². The average Bonchev–Trinajstić information content (AvgIpc) is 3.25. The SMILES string of the molecule is Cc1ccc2nc(-c3ccc(NC(=O)CN4CCN(Cc5ccccn5)CC4)cc3)sc2c1. The minimum atomic E-state index is 0.0244. The molecule has 4 aromatic rings. The molecular formula is C26H27N5OS. The standard InChI is InChI=1S/C26H27N5OS/c1-19-5-10-23-24(16-19)33-26(29-23)20-6-8-21(9-7-20)28-25(32)18-31-14-12-30(13-15-31)17-22-4-2-3-11-27-22/h2-11,16H,12-15,17-18H2,1H3,(H,28,32). The van der Waals surface area contributed by atoms with Crippen LogP contribution in [0.4, 0.5) is 5.69 Å². The van der Waals surface area contributed by atoms with Crippen LogP contribution in [0.5, 0.6) is 0 Å². The summed E-state index contributed by atoms with van der Waals surface area (Å²) >= 11 is 1.70. The molecule has 0 aliphatic carbocycles. The molecule has 0 spiro atoms. The fraction of sp³-hybridized carbons (Fsp3) is 0.269. The molecule has 0 saturated carbocycles. The van der Waals surface area contributed by atoms with Gasteiger partial charge in [0.05, 0.1) is 22.5 Å². The molecule has 168 valence electrons. The van der Waals surface area contributed by atoms with Gasteiger partial charge < -0.3 is 5.32 Å².